The van der Waals surface area contributed by atoms with Crippen LogP contribution in [0.5, 0.6) is 5.88 Å². The van der Waals surface area contributed by atoms with E-state index >= 15 is 0 Å². The molecule has 2 saturated carbocycles. The summed E-state index contributed by atoms with van der Waals surface area (Å²) in [6.45, 7) is 1.39. The maximum absolute atomic E-state index is 11.3. The molecule has 0 aromatic carbocycles. The van der Waals surface area contributed by atoms with Gasteiger partial charge in [-0.25, -0.2) is 15.0 Å². The molecule has 34 heavy (non-hydrogen) atoms. The Balaban J connectivity index is 1.41. The monoisotopic (exact) mass is 470 g/mol. The number of carboxylic acid groups (broad SMARTS) is 1. The standard InChI is InChI=1S/C25H34N4O5/c30-18-7-3-15(4-8-18)20-13-26-23(34-19-9-11-33-12-10-19)21-14-27-25(29-22(20)21)28-17-5-1-16(2-6-17)24(31)32/h13-19,30H,1-12H2,(H,31,32)(H,27,28,29)/t15-,16-,17+,18-. The zero-order valence-electron chi connectivity index (χ0n) is 19.5. The van der Waals surface area contributed by atoms with Crippen LogP contribution in [0.3, 0.4) is 0 Å². The molecule has 0 radical (unpaired) electrons. The summed E-state index contributed by atoms with van der Waals surface area (Å²) >= 11 is 0. The smallest absolute Gasteiger partial charge is 0.306 e. The predicted octanol–water partition coefficient (Wildman–Crippen LogP) is 3.66. The zero-order chi connectivity index (χ0) is 23.5. The number of fused-ring (bicyclic) bond motifs is 1. The minimum atomic E-state index is -0.702. The Hall–Kier alpha value is -2.52. The number of aliphatic hydroxyl groups excluding tert-OH is 1. The van der Waals surface area contributed by atoms with Crippen molar-refractivity contribution in [1.82, 2.24) is 15.0 Å². The molecule has 1 aliphatic heterocycles. The van der Waals surface area contributed by atoms with Crippen LogP contribution in [0.15, 0.2) is 12.4 Å². The van der Waals surface area contributed by atoms with E-state index in [0.29, 0.717) is 43.8 Å². The Morgan fingerprint density at radius 1 is 0.971 bits per heavy atom. The predicted molar refractivity (Wildman–Crippen MR) is 126 cm³/mol. The number of anilines is 1. The number of nitrogens with one attached hydrogen (secondary N) is 1. The maximum Gasteiger partial charge on any atom is 0.306 e. The van der Waals surface area contributed by atoms with E-state index in [1.54, 1.807) is 6.20 Å². The molecule has 0 amide bonds. The van der Waals surface area contributed by atoms with Gasteiger partial charge in [0.2, 0.25) is 11.8 Å². The van der Waals surface area contributed by atoms with Crippen molar-refractivity contribution in [2.75, 3.05) is 18.5 Å². The van der Waals surface area contributed by atoms with Crippen molar-refractivity contribution in [3.05, 3.63) is 18.0 Å². The van der Waals surface area contributed by atoms with E-state index < -0.39 is 5.97 Å². The fraction of sp³-hybridized carbons (Fsp3) is 0.680. The number of nitrogens with zero attached hydrogens (tertiary/aromatic N) is 3. The first-order valence-corrected chi connectivity index (χ1v) is 12.6. The van der Waals surface area contributed by atoms with E-state index in [9.17, 15) is 15.0 Å². The van der Waals surface area contributed by atoms with Gasteiger partial charge in [0.05, 0.1) is 36.1 Å². The average molecular weight is 471 g/mol. The first-order valence-electron chi connectivity index (χ1n) is 12.6. The largest absolute Gasteiger partial charge is 0.481 e. The molecule has 3 N–H and O–H groups in total. The SMILES string of the molecule is O=C(O)[C@H]1CC[C@@H](Nc2ncc3c(OC4CCOCC4)ncc([C@H]4CC[C@H](O)CC4)c3n2)CC1. The summed E-state index contributed by atoms with van der Waals surface area (Å²) in [6, 6.07) is 0.168. The number of hydrogen-bond acceptors (Lipinski definition) is 8. The molecule has 2 aromatic heterocycles. The molecule has 3 heterocycles. The summed E-state index contributed by atoms with van der Waals surface area (Å²) < 4.78 is 11.7. The summed E-state index contributed by atoms with van der Waals surface area (Å²) in [5, 5.41) is 23.5. The normalized spacial score (nSPS) is 28.5. The van der Waals surface area contributed by atoms with E-state index in [4.69, 9.17) is 14.5 Å². The molecule has 3 fully saturated rings. The number of hydrogen-bond donors (Lipinski definition) is 3. The highest BCUT2D eigenvalue weighted by Crippen LogP contribution is 2.38. The second-order valence-electron chi connectivity index (χ2n) is 9.94. The fourth-order valence-corrected chi connectivity index (χ4v) is 5.49. The number of pyridine rings is 1. The minimum Gasteiger partial charge on any atom is -0.481 e. The van der Waals surface area contributed by atoms with Gasteiger partial charge in [-0.15, -0.1) is 0 Å². The first-order chi connectivity index (χ1) is 16.6. The van der Waals surface area contributed by atoms with Crippen LogP contribution in [0.1, 0.15) is 75.7 Å². The maximum atomic E-state index is 11.3. The molecule has 9 nitrogen and oxygen atoms in total. The van der Waals surface area contributed by atoms with Crippen molar-refractivity contribution >= 4 is 22.8 Å². The van der Waals surface area contributed by atoms with Crippen LogP contribution in [-0.2, 0) is 9.53 Å². The topological polar surface area (TPSA) is 127 Å². The van der Waals surface area contributed by atoms with Crippen molar-refractivity contribution in [2.24, 2.45) is 5.92 Å². The summed E-state index contributed by atoms with van der Waals surface area (Å²) in [7, 11) is 0. The molecule has 184 valence electrons. The lowest BCUT2D eigenvalue weighted by Gasteiger charge is -2.28. The highest BCUT2D eigenvalue weighted by Gasteiger charge is 2.28. The zero-order valence-corrected chi connectivity index (χ0v) is 19.5. The second kappa shape index (κ2) is 10.4. The van der Waals surface area contributed by atoms with E-state index in [2.05, 4.69) is 15.3 Å². The van der Waals surface area contributed by atoms with Crippen LogP contribution in [0.2, 0.25) is 0 Å². The van der Waals surface area contributed by atoms with Crippen molar-refractivity contribution in [3.8, 4) is 5.88 Å². The second-order valence-corrected chi connectivity index (χ2v) is 9.94. The van der Waals surface area contributed by atoms with E-state index in [0.717, 1.165) is 67.8 Å². The Bertz CT molecular complexity index is 996. The summed E-state index contributed by atoms with van der Waals surface area (Å²) in [5.41, 5.74) is 1.94. The Morgan fingerprint density at radius 3 is 2.41 bits per heavy atom. The van der Waals surface area contributed by atoms with Crippen LogP contribution < -0.4 is 10.1 Å². The van der Waals surface area contributed by atoms with Gasteiger partial charge in [0.25, 0.3) is 0 Å². The van der Waals surface area contributed by atoms with E-state index in [1.807, 2.05) is 6.20 Å². The highest BCUT2D eigenvalue weighted by atomic mass is 16.5. The molecule has 2 aliphatic carbocycles. The Kier molecular flexibility index (Phi) is 7.10. The van der Waals surface area contributed by atoms with Crippen LogP contribution in [0, 0.1) is 5.92 Å². The quantitative estimate of drug-likeness (QED) is 0.580. The van der Waals surface area contributed by atoms with Crippen molar-refractivity contribution in [2.45, 2.75) is 88.4 Å². The molecule has 0 bridgehead atoms. The molecule has 2 aromatic rings. The third kappa shape index (κ3) is 5.25. The van der Waals surface area contributed by atoms with Gasteiger partial charge in [-0.1, -0.05) is 0 Å². The van der Waals surface area contributed by atoms with Crippen LogP contribution in [-0.4, -0.2) is 62.6 Å². The molecule has 9 heteroatoms. The molecule has 0 unspecified atom stereocenters. The van der Waals surface area contributed by atoms with Crippen LogP contribution in [0.25, 0.3) is 10.9 Å². The number of rotatable bonds is 6. The molecule has 0 atom stereocenters. The Labute approximate surface area is 199 Å². The number of aliphatic carboxylic acids is 1. The van der Waals surface area contributed by atoms with E-state index in [1.165, 1.54) is 0 Å². The van der Waals surface area contributed by atoms with Gasteiger partial charge in [-0.3, -0.25) is 4.79 Å². The molecular weight excluding hydrogens is 436 g/mol. The van der Waals surface area contributed by atoms with Crippen molar-refractivity contribution < 1.29 is 24.5 Å². The highest BCUT2D eigenvalue weighted by molar-refractivity contribution is 5.86. The summed E-state index contributed by atoms with van der Waals surface area (Å²) in [4.78, 5) is 25.5. The molecule has 1 saturated heterocycles. The Morgan fingerprint density at radius 2 is 1.71 bits per heavy atom. The number of ether oxygens (including phenoxy) is 2. The van der Waals surface area contributed by atoms with Gasteiger partial charge < -0.3 is 25.0 Å². The molecular formula is C25H34N4O5. The van der Waals surface area contributed by atoms with Crippen LogP contribution >= 0.6 is 0 Å². The van der Waals surface area contributed by atoms with Crippen molar-refractivity contribution in [3.63, 3.8) is 0 Å². The average Bonchev–Trinajstić information content (AvgIpc) is 2.86. The van der Waals surface area contributed by atoms with Gasteiger partial charge in [0.1, 0.15) is 6.10 Å². The number of carbonyl (C=O) groups is 1. The van der Waals surface area contributed by atoms with Gasteiger partial charge >= 0.3 is 5.97 Å². The minimum absolute atomic E-state index is 0.0716. The third-order valence-electron chi connectivity index (χ3n) is 7.61. The lowest BCUT2D eigenvalue weighted by atomic mass is 9.83. The molecule has 5 rings (SSSR count). The third-order valence-corrected chi connectivity index (χ3v) is 7.61. The number of carboxylic acids is 1. The lowest BCUT2D eigenvalue weighted by Crippen LogP contribution is -2.30. The molecule has 3 aliphatic rings. The summed E-state index contributed by atoms with van der Waals surface area (Å²) in [5.74, 6) is 0.470. The van der Waals surface area contributed by atoms with Crippen LogP contribution in [0.4, 0.5) is 5.95 Å². The number of aliphatic hydroxyl groups is 1. The number of aromatic nitrogens is 3. The fourth-order valence-electron chi connectivity index (χ4n) is 5.49. The van der Waals surface area contributed by atoms with Crippen molar-refractivity contribution in [1.29, 1.82) is 0 Å². The van der Waals surface area contributed by atoms with E-state index in [-0.39, 0.29) is 24.2 Å². The van der Waals surface area contributed by atoms with Gasteiger partial charge in [-0.2, -0.15) is 0 Å². The first kappa shape index (κ1) is 23.2. The van der Waals surface area contributed by atoms with Gasteiger partial charge in [0, 0.05) is 36.8 Å². The van der Waals surface area contributed by atoms with Gasteiger partial charge in [-0.05, 0) is 57.3 Å². The lowest BCUT2D eigenvalue weighted by molar-refractivity contribution is -0.142. The molecule has 0 spiro atoms. The van der Waals surface area contributed by atoms with Gasteiger partial charge in [0.15, 0.2) is 0 Å². The summed E-state index contributed by atoms with van der Waals surface area (Å²) in [6.07, 6.45) is 11.5.